The summed E-state index contributed by atoms with van der Waals surface area (Å²) in [5, 5.41) is 23.8. The average Bonchev–Trinajstić information content (AvgIpc) is 2.41. The van der Waals surface area contributed by atoms with Gasteiger partial charge in [0.05, 0.1) is 6.42 Å². The van der Waals surface area contributed by atoms with Gasteiger partial charge in [-0.25, -0.2) is 0 Å². The van der Waals surface area contributed by atoms with E-state index < -0.39 is 16.5 Å². The maximum Gasteiger partial charge on any atom is 0.329 e. The maximum absolute atomic E-state index is 11.9. The smallest absolute Gasteiger partial charge is 0.274 e. The Morgan fingerprint density at radius 1 is 1.00 bits per heavy atom. The number of hydrogen-bond donors (Lipinski definition) is 2. The topological polar surface area (TPSA) is 95.2 Å². The molecule has 0 radical (unpaired) electrons. The highest BCUT2D eigenvalue weighted by atomic mass is 16.6. The molecular formula is C14H26N4O4+2. The van der Waals surface area contributed by atoms with Crippen LogP contribution in [-0.4, -0.2) is 53.3 Å². The van der Waals surface area contributed by atoms with Crippen molar-refractivity contribution in [1.29, 1.82) is 0 Å². The average molecular weight is 314 g/mol. The van der Waals surface area contributed by atoms with Gasteiger partial charge in [0, 0.05) is 9.85 Å². The van der Waals surface area contributed by atoms with Crippen molar-refractivity contribution >= 4 is 0 Å². The predicted octanol–water partition coefficient (Wildman–Crippen LogP) is -1.63. The summed E-state index contributed by atoms with van der Waals surface area (Å²) in [7, 11) is 0. The summed E-state index contributed by atoms with van der Waals surface area (Å²) < 4.78 is 0. The molecule has 8 heteroatoms. The Hall–Kier alpha value is -1.28. The van der Waals surface area contributed by atoms with Gasteiger partial charge in [0.25, 0.3) is 0 Å². The summed E-state index contributed by atoms with van der Waals surface area (Å²) in [5.74, 6) is 0. The quantitative estimate of drug-likeness (QED) is 0.470. The molecule has 8 nitrogen and oxygen atoms in total. The normalized spacial score (nSPS) is 45.0. The number of nitrogens with zero attached hydrogens (tertiary/aromatic N) is 2. The minimum Gasteiger partial charge on any atom is -0.274 e. The SMILES string of the molecule is CCCCC1[NH+]2CC3([N+](=O)[O-])C[NH+]1CC([N+](=O)[O-])(C2)C3(C)C. The van der Waals surface area contributed by atoms with E-state index in [-0.39, 0.29) is 16.0 Å². The third-order valence-electron chi connectivity index (χ3n) is 6.94. The van der Waals surface area contributed by atoms with E-state index in [1.807, 2.05) is 0 Å². The zero-order chi connectivity index (χ0) is 16.3. The van der Waals surface area contributed by atoms with Crippen molar-refractivity contribution in [3.8, 4) is 0 Å². The van der Waals surface area contributed by atoms with E-state index in [9.17, 15) is 20.2 Å². The fraction of sp³-hybridized carbons (Fsp3) is 1.00. The van der Waals surface area contributed by atoms with Gasteiger partial charge in [-0.05, 0) is 20.3 Å². The maximum atomic E-state index is 11.9. The molecule has 124 valence electrons. The van der Waals surface area contributed by atoms with Crippen molar-refractivity contribution in [2.75, 3.05) is 26.2 Å². The van der Waals surface area contributed by atoms with Crippen LogP contribution in [0.3, 0.4) is 0 Å². The Balaban J connectivity index is 2.05. The molecule has 0 aromatic heterocycles. The predicted molar refractivity (Wildman–Crippen MR) is 77.9 cm³/mol. The molecule has 4 heterocycles. The largest absolute Gasteiger partial charge is 0.329 e. The lowest BCUT2D eigenvalue weighted by atomic mass is 9.53. The van der Waals surface area contributed by atoms with Crippen LogP contribution in [0, 0.1) is 25.6 Å². The van der Waals surface area contributed by atoms with Crippen LogP contribution in [0.25, 0.3) is 0 Å². The van der Waals surface area contributed by atoms with E-state index in [0.717, 1.165) is 29.1 Å². The lowest BCUT2D eigenvalue weighted by Crippen LogP contribution is -3.47. The van der Waals surface area contributed by atoms with E-state index in [4.69, 9.17) is 0 Å². The molecule has 4 aliphatic heterocycles. The van der Waals surface area contributed by atoms with E-state index in [0.29, 0.717) is 26.2 Å². The fourth-order valence-electron chi connectivity index (χ4n) is 5.38. The molecule has 0 aromatic rings. The molecule has 0 aromatic carbocycles. The lowest BCUT2D eigenvalue weighted by molar-refractivity contribution is -1.19. The molecular weight excluding hydrogens is 288 g/mol. The number of rotatable bonds is 5. The van der Waals surface area contributed by atoms with Crippen LogP contribution in [0.5, 0.6) is 0 Å². The second-order valence-corrected chi connectivity index (χ2v) is 7.92. The van der Waals surface area contributed by atoms with E-state index in [1.54, 1.807) is 13.8 Å². The zero-order valence-corrected chi connectivity index (χ0v) is 13.6. The standard InChI is InChI=1S/C14H24N4O4/c1-4-5-6-11-15-7-13(17(19)20)8-16(11)10-14(9-15,18(21)22)12(13,2)3/h11H,4-10H2,1-3H3/p+2. The lowest BCUT2D eigenvalue weighted by Gasteiger charge is -2.60. The molecule has 0 spiro atoms. The first kappa shape index (κ1) is 15.6. The van der Waals surface area contributed by atoms with Crippen LogP contribution in [0.1, 0.15) is 40.0 Å². The molecule has 0 unspecified atom stereocenters. The molecule has 4 aliphatic rings. The summed E-state index contributed by atoms with van der Waals surface area (Å²) in [6.07, 6.45) is 3.46. The molecule has 4 fully saturated rings. The Labute approximate surface area is 129 Å². The van der Waals surface area contributed by atoms with Crippen LogP contribution >= 0.6 is 0 Å². The third-order valence-corrected chi connectivity index (χ3v) is 6.94. The molecule has 2 N–H and O–H groups in total. The number of nitrogens with one attached hydrogen (secondary N) is 2. The Kier molecular flexibility index (Phi) is 3.27. The number of hydrogen-bond acceptors (Lipinski definition) is 4. The van der Waals surface area contributed by atoms with Crippen LogP contribution < -0.4 is 9.80 Å². The third kappa shape index (κ3) is 1.59. The van der Waals surface area contributed by atoms with Gasteiger partial charge >= 0.3 is 11.1 Å². The Bertz CT molecular complexity index is 469. The van der Waals surface area contributed by atoms with Crippen molar-refractivity contribution in [3.05, 3.63) is 20.2 Å². The monoisotopic (exact) mass is 314 g/mol. The summed E-state index contributed by atoms with van der Waals surface area (Å²) in [6, 6.07) is 0. The fourth-order valence-corrected chi connectivity index (χ4v) is 5.38. The molecule has 22 heavy (non-hydrogen) atoms. The van der Waals surface area contributed by atoms with Crippen LogP contribution in [-0.2, 0) is 0 Å². The van der Waals surface area contributed by atoms with E-state index >= 15 is 0 Å². The van der Waals surface area contributed by atoms with Crippen molar-refractivity contribution < 1.29 is 19.6 Å². The molecule has 4 rings (SSSR count). The number of quaternary nitrogens is 2. The van der Waals surface area contributed by atoms with Crippen LogP contribution in [0.2, 0.25) is 0 Å². The van der Waals surface area contributed by atoms with Crippen molar-refractivity contribution in [3.63, 3.8) is 0 Å². The summed E-state index contributed by atoms with van der Waals surface area (Å²) in [4.78, 5) is 25.6. The molecule has 0 amide bonds. The highest BCUT2D eigenvalue weighted by molar-refractivity contribution is 5.12. The zero-order valence-electron chi connectivity index (χ0n) is 13.6. The van der Waals surface area contributed by atoms with Gasteiger partial charge in [-0.2, -0.15) is 0 Å². The van der Waals surface area contributed by atoms with Gasteiger partial charge in [-0.3, -0.25) is 30.0 Å². The second kappa shape index (κ2) is 4.61. The first-order chi connectivity index (χ1) is 10.2. The molecule has 4 bridgehead atoms. The Morgan fingerprint density at radius 3 is 1.73 bits per heavy atom. The van der Waals surface area contributed by atoms with E-state index in [1.165, 1.54) is 0 Å². The molecule has 0 aliphatic carbocycles. The Morgan fingerprint density at radius 2 is 1.41 bits per heavy atom. The van der Waals surface area contributed by atoms with Crippen molar-refractivity contribution in [1.82, 2.24) is 0 Å². The summed E-state index contributed by atoms with van der Waals surface area (Å²) in [5.41, 5.74) is -3.27. The van der Waals surface area contributed by atoms with Gasteiger partial charge in [0.2, 0.25) is 6.17 Å². The van der Waals surface area contributed by atoms with Crippen molar-refractivity contribution in [2.24, 2.45) is 5.41 Å². The van der Waals surface area contributed by atoms with Gasteiger partial charge in [-0.1, -0.05) is 13.3 Å². The second-order valence-electron chi connectivity index (χ2n) is 7.92. The number of unbranched alkanes of at least 4 members (excludes halogenated alkanes) is 1. The number of nitro groups is 2. The first-order valence-corrected chi connectivity index (χ1v) is 8.20. The van der Waals surface area contributed by atoms with Crippen LogP contribution in [0.15, 0.2) is 0 Å². The van der Waals surface area contributed by atoms with Gasteiger partial charge < -0.3 is 0 Å². The van der Waals surface area contributed by atoms with Gasteiger partial charge in [0.15, 0.2) is 26.2 Å². The first-order valence-electron chi connectivity index (χ1n) is 8.20. The van der Waals surface area contributed by atoms with Gasteiger partial charge in [0.1, 0.15) is 5.41 Å². The number of piperidine rings is 2. The summed E-state index contributed by atoms with van der Waals surface area (Å²) >= 11 is 0. The summed E-state index contributed by atoms with van der Waals surface area (Å²) in [6.45, 7) is 7.35. The van der Waals surface area contributed by atoms with Crippen LogP contribution in [0.4, 0.5) is 0 Å². The minimum atomic E-state index is -1.18. The minimum absolute atomic E-state index is 0.209. The highest BCUT2D eigenvalue weighted by Gasteiger charge is 2.86. The highest BCUT2D eigenvalue weighted by Crippen LogP contribution is 2.47. The van der Waals surface area contributed by atoms with Crippen molar-refractivity contribution in [2.45, 2.75) is 57.3 Å². The molecule has 0 saturated carbocycles. The molecule has 4 saturated heterocycles. The molecule has 0 atom stereocenters. The van der Waals surface area contributed by atoms with E-state index in [2.05, 4.69) is 6.92 Å². The van der Waals surface area contributed by atoms with Gasteiger partial charge in [-0.15, -0.1) is 0 Å².